The second-order valence-electron chi connectivity index (χ2n) is 7.68. The monoisotopic (exact) mass is 360 g/mol. The van der Waals surface area contributed by atoms with Gasteiger partial charge in [0.1, 0.15) is 5.84 Å². The minimum Gasteiger partial charge on any atom is -0.391 e. The van der Waals surface area contributed by atoms with Crippen molar-refractivity contribution >= 4 is 5.84 Å². The van der Waals surface area contributed by atoms with Gasteiger partial charge in [-0.2, -0.15) is 0 Å². The fraction of sp³-hybridized carbons (Fsp3) is 0.682. The molecule has 1 fully saturated rings. The average Bonchev–Trinajstić information content (AvgIpc) is 2.65. The van der Waals surface area contributed by atoms with E-state index in [2.05, 4.69) is 56.9 Å². The highest BCUT2D eigenvalue weighted by atomic mass is 16.5. The molecule has 1 saturated heterocycles. The van der Waals surface area contributed by atoms with Gasteiger partial charge >= 0.3 is 0 Å². The predicted molar refractivity (Wildman–Crippen MR) is 109 cm³/mol. The molecule has 4 heteroatoms. The van der Waals surface area contributed by atoms with Crippen LogP contribution in [0.4, 0.5) is 0 Å². The van der Waals surface area contributed by atoms with E-state index in [4.69, 9.17) is 9.73 Å². The molecule has 2 rings (SSSR count). The fourth-order valence-corrected chi connectivity index (χ4v) is 3.93. The van der Waals surface area contributed by atoms with Crippen molar-refractivity contribution in [1.29, 1.82) is 0 Å². The van der Waals surface area contributed by atoms with Crippen molar-refractivity contribution in [3.8, 4) is 0 Å². The molecule has 0 spiro atoms. The highest BCUT2D eigenvalue weighted by molar-refractivity contribution is 5.99. The Morgan fingerprint density at radius 1 is 1.19 bits per heavy atom. The maximum Gasteiger partial charge on any atom is 0.131 e. The number of aliphatic hydroxyl groups excluding tert-OH is 1. The quantitative estimate of drug-likeness (QED) is 0.588. The molecule has 4 nitrogen and oxygen atoms in total. The summed E-state index contributed by atoms with van der Waals surface area (Å²) in [5.74, 6) is 1.40. The third-order valence-corrected chi connectivity index (χ3v) is 5.55. The van der Waals surface area contributed by atoms with E-state index in [-0.39, 0.29) is 18.2 Å². The van der Waals surface area contributed by atoms with Gasteiger partial charge in [0.25, 0.3) is 0 Å². The number of nitrogens with zero attached hydrogens (tertiary/aromatic N) is 2. The van der Waals surface area contributed by atoms with Crippen LogP contribution in [-0.2, 0) is 4.74 Å². The van der Waals surface area contributed by atoms with Crippen LogP contribution in [0.5, 0.6) is 0 Å². The smallest absolute Gasteiger partial charge is 0.131 e. The summed E-state index contributed by atoms with van der Waals surface area (Å²) in [6, 6.07) is 11.1. The molecule has 1 aliphatic heterocycles. The lowest BCUT2D eigenvalue weighted by molar-refractivity contribution is 0.0155. The molecular weight excluding hydrogens is 324 g/mol. The van der Waals surface area contributed by atoms with E-state index in [1.165, 1.54) is 0 Å². The minimum absolute atomic E-state index is 0.101. The van der Waals surface area contributed by atoms with Crippen LogP contribution in [0.2, 0.25) is 0 Å². The number of ether oxygens (including phenoxy) is 1. The van der Waals surface area contributed by atoms with Crippen molar-refractivity contribution in [1.82, 2.24) is 4.90 Å². The second kappa shape index (κ2) is 10.1. The molecule has 1 N–H and O–H groups in total. The highest BCUT2D eigenvalue weighted by Crippen LogP contribution is 2.30. The minimum atomic E-state index is -0.295. The number of hydrogen-bond acceptors (Lipinski definition) is 3. The molecule has 1 heterocycles. The van der Waals surface area contributed by atoms with Gasteiger partial charge in [-0.3, -0.25) is 4.99 Å². The lowest BCUT2D eigenvalue weighted by atomic mass is 9.89. The van der Waals surface area contributed by atoms with Crippen LogP contribution in [0, 0.1) is 5.92 Å². The van der Waals surface area contributed by atoms with Crippen molar-refractivity contribution in [3.63, 3.8) is 0 Å². The largest absolute Gasteiger partial charge is 0.391 e. The van der Waals surface area contributed by atoms with E-state index in [9.17, 15) is 5.11 Å². The van der Waals surface area contributed by atoms with Crippen molar-refractivity contribution in [2.45, 2.75) is 77.6 Å². The van der Waals surface area contributed by atoms with Crippen molar-refractivity contribution < 1.29 is 9.84 Å². The molecule has 0 saturated carbocycles. The number of amidine groups is 1. The van der Waals surface area contributed by atoms with E-state index in [0.717, 1.165) is 37.1 Å². The maximum absolute atomic E-state index is 10.7. The molecule has 1 aromatic rings. The lowest BCUT2D eigenvalue weighted by Gasteiger charge is -2.46. The third kappa shape index (κ3) is 4.86. The fourth-order valence-electron chi connectivity index (χ4n) is 3.93. The zero-order valence-corrected chi connectivity index (χ0v) is 17.1. The average molecular weight is 361 g/mol. The standard InChI is InChI=1S/C22H36N2O2/c1-6-18-13-14-21(25)20(7-2)24(18)22(17-11-9-8-10-12-17)23-19(15-26-5)16(3)4/h8-12,16,18-21,25H,6-7,13-15H2,1-5H3/t18-,19-,20-,21-/m1/s1. The molecule has 0 amide bonds. The van der Waals surface area contributed by atoms with Gasteiger partial charge in [-0.25, -0.2) is 0 Å². The Bertz CT molecular complexity index is 559. The number of rotatable bonds is 7. The summed E-state index contributed by atoms with van der Waals surface area (Å²) < 4.78 is 5.44. The van der Waals surface area contributed by atoms with Gasteiger partial charge in [0.15, 0.2) is 0 Å². The van der Waals surface area contributed by atoms with E-state index < -0.39 is 0 Å². The van der Waals surface area contributed by atoms with Gasteiger partial charge in [0.05, 0.1) is 24.8 Å². The first-order valence-corrected chi connectivity index (χ1v) is 10.1. The summed E-state index contributed by atoms with van der Waals surface area (Å²) in [4.78, 5) is 7.61. The van der Waals surface area contributed by atoms with E-state index in [0.29, 0.717) is 18.6 Å². The van der Waals surface area contributed by atoms with Crippen LogP contribution < -0.4 is 0 Å². The summed E-state index contributed by atoms with van der Waals surface area (Å²) in [5, 5.41) is 10.7. The molecule has 1 aliphatic rings. The predicted octanol–water partition coefficient (Wildman–Crippen LogP) is 4.12. The van der Waals surface area contributed by atoms with Crippen molar-refractivity contribution in [2.75, 3.05) is 13.7 Å². The molecule has 0 bridgehead atoms. The number of hydrogen-bond donors (Lipinski definition) is 1. The van der Waals surface area contributed by atoms with E-state index in [1.807, 2.05) is 6.07 Å². The number of piperidine rings is 1. The molecule has 146 valence electrons. The Morgan fingerprint density at radius 3 is 2.42 bits per heavy atom. The molecule has 0 unspecified atom stereocenters. The van der Waals surface area contributed by atoms with E-state index in [1.54, 1.807) is 7.11 Å². The zero-order chi connectivity index (χ0) is 19.1. The molecule has 0 aromatic heterocycles. The SMILES string of the molecule is CC[C@@H]1CC[C@@H](O)[C@@H](CC)N1C(=N[C@H](COC)C(C)C)c1ccccc1. The Kier molecular flexibility index (Phi) is 8.11. The van der Waals surface area contributed by atoms with Gasteiger partial charge in [-0.05, 0) is 31.6 Å². The van der Waals surface area contributed by atoms with E-state index >= 15 is 0 Å². The van der Waals surface area contributed by atoms with Crippen LogP contribution in [0.25, 0.3) is 0 Å². The number of likely N-dealkylation sites (tertiary alicyclic amines) is 1. The Labute approximate surface area is 159 Å². The molecule has 4 atom stereocenters. The normalized spacial score (nSPS) is 25.6. The Hall–Kier alpha value is -1.39. The number of aliphatic hydroxyl groups is 1. The highest BCUT2D eigenvalue weighted by Gasteiger charge is 2.37. The molecule has 0 radical (unpaired) electrons. The van der Waals surface area contributed by atoms with Gasteiger partial charge in [-0.1, -0.05) is 58.0 Å². The number of aliphatic imine (C=N–C) groups is 1. The van der Waals surface area contributed by atoms with Crippen LogP contribution in [-0.4, -0.2) is 53.8 Å². The van der Waals surface area contributed by atoms with Crippen LogP contribution in [0.15, 0.2) is 35.3 Å². The van der Waals surface area contributed by atoms with Gasteiger partial charge < -0.3 is 14.7 Å². The van der Waals surface area contributed by atoms with Gasteiger partial charge in [0, 0.05) is 18.7 Å². The molecule has 1 aromatic carbocycles. The summed E-state index contributed by atoms with van der Waals surface area (Å²) in [6.07, 6.45) is 3.57. The van der Waals surface area contributed by atoms with Crippen molar-refractivity contribution in [2.24, 2.45) is 10.9 Å². The van der Waals surface area contributed by atoms with Gasteiger partial charge in [0.2, 0.25) is 0 Å². The summed E-state index contributed by atoms with van der Waals surface area (Å²) in [7, 11) is 1.74. The van der Waals surface area contributed by atoms with Gasteiger partial charge in [-0.15, -0.1) is 0 Å². The maximum atomic E-state index is 10.7. The first-order chi connectivity index (χ1) is 12.5. The van der Waals surface area contributed by atoms with Crippen LogP contribution >= 0.6 is 0 Å². The summed E-state index contributed by atoms with van der Waals surface area (Å²) in [6.45, 7) is 9.39. The Morgan fingerprint density at radius 2 is 1.88 bits per heavy atom. The lowest BCUT2D eigenvalue weighted by Crippen LogP contribution is -2.56. The first kappa shape index (κ1) is 20.9. The summed E-state index contributed by atoms with van der Waals surface area (Å²) >= 11 is 0. The first-order valence-electron chi connectivity index (χ1n) is 10.1. The Balaban J connectivity index is 2.53. The summed E-state index contributed by atoms with van der Waals surface area (Å²) in [5.41, 5.74) is 1.13. The third-order valence-electron chi connectivity index (χ3n) is 5.55. The molecular formula is C22H36N2O2. The molecule has 0 aliphatic carbocycles. The molecule has 26 heavy (non-hydrogen) atoms. The number of benzene rings is 1. The van der Waals surface area contributed by atoms with Crippen molar-refractivity contribution in [3.05, 3.63) is 35.9 Å². The zero-order valence-electron chi connectivity index (χ0n) is 17.1. The topological polar surface area (TPSA) is 45.1 Å². The second-order valence-corrected chi connectivity index (χ2v) is 7.68. The van der Waals surface area contributed by atoms with Crippen LogP contribution in [0.1, 0.15) is 58.9 Å². The number of methoxy groups -OCH3 is 1. The van der Waals surface area contributed by atoms with Crippen LogP contribution in [0.3, 0.4) is 0 Å².